The zero-order valence-electron chi connectivity index (χ0n) is 19.5. The molecule has 6 heteroatoms. The van der Waals surface area contributed by atoms with Gasteiger partial charge in [0.15, 0.2) is 0 Å². The normalized spacial score (nSPS) is 17.2. The number of fused-ring (bicyclic) bond motifs is 1. The fourth-order valence-corrected chi connectivity index (χ4v) is 5.54. The molecule has 1 saturated carbocycles. The van der Waals surface area contributed by atoms with E-state index in [9.17, 15) is 9.59 Å². The Morgan fingerprint density at radius 2 is 1.82 bits per heavy atom. The lowest BCUT2D eigenvalue weighted by molar-refractivity contribution is -0.135. The highest BCUT2D eigenvalue weighted by Crippen LogP contribution is 2.35. The van der Waals surface area contributed by atoms with E-state index in [1.54, 1.807) is 16.2 Å². The van der Waals surface area contributed by atoms with Crippen molar-refractivity contribution in [2.45, 2.75) is 32.2 Å². The van der Waals surface area contributed by atoms with Crippen molar-refractivity contribution in [2.75, 3.05) is 26.2 Å². The van der Waals surface area contributed by atoms with Gasteiger partial charge in [-0.25, -0.2) is 0 Å². The molecule has 2 heterocycles. The molecule has 3 aromatic rings. The van der Waals surface area contributed by atoms with E-state index >= 15 is 0 Å². The topological polar surface area (TPSA) is 49.9 Å². The quantitative estimate of drug-likeness (QED) is 0.456. The molecule has 2 aromatic carbocycles. The summed E-state index contributed by atoms with van der Waals surface area (Å²) in [5.74, 6) is 1.26. The summed E-state index contributed by atoms with van der Waals surface area (Å²) in [6.45, 7) is 3.81. The first kappa shape index (κ1) is 22.7. The molecule has 176 valence electrons. The van der Waals surface area contributed by atoms with E-state index in [4.69, 9.17) is 4.74 Å². The number of carbonyl (C=O) groups excluding carboxylic acids is 2. The molecule has 0 bridgehead atoms. The second-order valence-electron chi connectivity index (χ2n) is 9.22. The molecule has 5 nitrogen and oxygen atoms in total. The molecular formula is C28H30N2O3S. The summed E-state index contributed by atoms with van der Waals surface area (Å²) < 4.78 is 6.21. The fraction of sp³-hybridized carbons (Fsp3) is 0.357. The van der Waals surface area contributed by atoms with Crippen LogP contribution in [-0.2, 0) is 11.2 Å². The average molecular weight is 475 g/mol. The largest absolute Gasteiger partial charge is 0.491 e. The molecule has 0 spiro atoms. The van der Waals surface area contributed by atoms with Crippen molar-refractivity contribution in [3.63, 3.8) is 0 Å². The zero-order valence-corrected chi connectivity index (χ0v) is 20.3. The third-order valence-corrected chi connectivity index (χ3v) is 7.71. The lowest BCUT2D eigenvalue weighted by Crippen LogP contribution is -2.48. The Morgan fingerprint density at radius 3 is 2.59 bits per heavy atom. The number of amides is 2. The van der Waals surface area contributed by atoms with Gasteiger partial charge in [0.2, 0.25) is 5.91 Å². The van der Waals surface area contributed by atoms with Crippen LogP contribution in [0.1, 0.15) is 45.2 Å². The summed E-state index contributed by atoms with van der Waals surface area (Å²) in [5.41, 5.74) is 2.88. The van der Waals surface area contributed by atoms with Gasteiger partial charge >= 0.3 is 0 Å². The standard InChI is InChI=1S/C28H30N2O3S/c1-20-7-5-6-10-25(20)33-19-24-23-14-16-34-26(23)13-15-30(24)27(31)18-29(17-21-11-12-21)28(32)22-8-3-2-4-9-22/h2-10,14,16,21,24H,11-13,15,17-19H2,1H3. The van der Waals surface area contributed by atoms with Gasteiger partial charge in [0, 0.05) is 23.5 Å². The lowest BCUT2D eigenvalue weighted by atomic mass is 10.00. The molecule has 0 saturated heterocycles. The van der Waals surface area contributed by atoms with E-state index in [0.29, 0.717) is 31.2 Å². The van der Waals surface area contributed by atoms with Crippen molar-refractivity contribution in [1.29, 1.82) is 0 Å². The summed E-state index contributed by atoms with van der Waals surface area (Å²) >= 11 is 1.74. The van der Waals surface area contributed by atoms with Gasteiger partial charge in [0.25, 0.3) is 5.91 Å². The summed E-state index contributed by atoms with van der Waals surface area (Å²) in [4.78, 5) is 31.9. The van der Waals surface area contributed by atoms with E-state index in [-0.39, 0.29) is 24.4 Å². The van der Waals surface area contributed by atoms with Crippen molar-refractivity contribution in [2.24, 2.45) is 5.92 Å². The SMILES string of the molecule is Cc1ccccc1OCC1c2ccsc2CCN1C(=O)CN(CC1CC1)C(=O)c1ccccc1. The van der Waals surface area contributed by atoms with Crippen LogP contribution in [0.15, 0.2) is 66.0 Å². The van der Waals surface area contributed by atoms with Crippen LogP contribution < -0.4 is 4.74 Å². The average Bonchev–Trinajstić information content (AvgIpc) is 3.55. The Morgan fingerprint density at radius 1 is 1.06 bits per heavy atom. The number of hydrogen-bond acceptors (Lipinski definition) is 4. The van der Waals surface area contributed by atoms with Crippen molar-refractivity contribution in [1.82, 2.24) is 9.80 Å². The number of para-hydroxylation sites is 1. The Balaban J connectivity index is 1.34. The van der Waals surface area contributed by atoms with Gasteiger partial charge in [-0.3, -0.25) is 9.59 Å². The molecule has 1 atom stereocenters. The number of rotatable bonds is 8. The first-order valence-electron chi connectivity index (χ1n) is 12.0. The predicted molar refractivity (Wildman–Crippen MR) is 134 cm³/mol. The highest BCUT2D eigenvalue weighted by atomic mass is 32.1. The van der Waals surface area contributed by atoms with E-state index in [0.717, 1.165) is 30.6 Å². The minimum Gasteiger partial charge on any atom is -0.491 e. The summed E-state index contributed by atoms with van der Waals surface area (Å²) in [5, 5.41) is 2.09. The minimum absolute atomic E-state index is 0.0137. The van der Waals surface area contributed by atoms with Gasteiger partial charge in [-0.15, -0.1) is 11.3 Å². The molecule has 1 aliphatic carbocycles. The van der Waals surface area contributed by atoms with Crippen LogP contribution in [0, 0.1) is 12.8 Å². The van der Waals surface area contributed by atoms with Gasteiger partial charge in [-0.1, -0.05) is 36.4 Å². The summed E-state index contributed by atoms with van der Waals surface area (Å²) in [6.07, 6.45) is 3.10. The van der Waals surface area contributed by atoms with Crippen LogP contribution in [0.25, 0.3) is 0 Å². The van der Waals surface area contributed by atoms with Gasteiger partial charge in [0.05, 0.1) is 6.04 Å². The fourth-order valence-electron chi connectivity index (χ4n) is 4.61. The van der Waals surface area contributed by atoms with Gasteiger partial charge in [-0.05, 0) is 72.9 Å². The van der Waals surface area contributed by atoms with Crippen LogP contribution in [0.3, 0.4) is 0 Å². The zero-order chi connectivity index (χ0) is 23.5. The Labute approximate surface area is 205 Å². The highest BCUT2D eigenvalue weighted by molar-refractivity contribution is 7.10. The number of nitrogens with zero attached hydrogens (tertiary/aromatic N) is 2. The molecule has 2 amide bonds. The second-order valence-corrected chi connectivity index (χ2v) is 10.2. The molecule has 0 N–H and O–H groups in total. The van der Waals surface area contributed by atoms with Gasteiger partial charge in [0.1, 0.15) is 18.9 Å². The molecule has 5 rings (SSSR count). The Bertz CT molecular complexity index is 1160. The molecule has 1 unspecified atom stereocenters. The number of carbonyl (C=O) groups is 2. The van der Waals surface area contributed by atoms with E-state index in [2.05, 4.69) is 11.4 Å². The van der Waals surface area contributed by atoms with Crippen molar-refractivity contribution < 1.29 is 14.3 Å². The van der Waals surface area contributed by atoms with Gasteiger partial charge < -0.3 is 14.5 Å². The second kappa shape index (κ2) is 10.0. The third kappa shape index (κ3) is 5.02. The predicted octanol–water partition coefficient (Wildman–Crippen LogP) is 5.11. The first-order valence-corrected chi connectivity index (χ1v) is 12.9. The first-order chi connectivity index (χ1) is 16.6. The third-order valence-electron chi connectivity index (χ3n) is 6.72. The van der Waals surface area contributed by atoms with Crippen LogP contribution in [-0.4, -0.2) is 47.9 Å². The molecule has 0 radical (unpaired) electrons. The maximum Gasteiger partial charge on any atom is 0.254 e. The number of benzene rings is 2. The summed E-state index contributed by atoms with van der Waals surface area (Å²) in [6, 6.07) is 19.2. The van der Waals surface area contributed by atoms with Crippen LogP contribution in [0.5, 0.6) is 5.75 Å². The number of thiophene rings is 1. The number of ether oxygens (including phenoxy) is 1. The highest BCUT2D eigenvalue weighted by Gasteiger charge is 2.35. The maximum atomic E-state index is 13.6. The number of aryl methyl sites for hydroxylation is 1. The Kier molecular flexibility index (Phi) is 6.68. The molecular weight excluding hydrogens is 444 g/mol. The smallest absolute Gasteiger partial charge is 0.254 e. The summed E-state index contributed by atoms with van der Waals surface area (Å²) in [7, 11) is 0. The van der Waals surface area contributed by atoms with Crippen molar-refractivity contribution >= 4 is 23.2 Å². The van der Waals surface area contributed by atoms with Crippen LogP contribution in [0.4, 0.5) is 0 Å². The van der Waals surface area contributed by atoms with E-state index in [1.807, 2.05) is 66.4 Å². The number of hydrogen-bond donors (Lipinski definition) is 0. The molecule has 1 fully saturated rings. The van der Waals surface area contributed by atoms with Crippen LogP contribution in [0.2, 0.25) is 0 Å². The molecule has 34 heavy (non-hydrogen) atoms. The Hall–Kier alpha value is -3.12. The minimum atomic E-state index is -0.156. The molecule has 1 aliphatic heterocycles. The van der Waals surface area contributed by atoms with Crippen LogP contribution >= 0.6 is 11.3 Å². The monoisotopic (exact) mass is 474 g/mol. The molecule has 2 aliphatic rings. The van der Waals surface area contributed by atoms with Gasteiger partial charge in [-0.2, -0.15) is 0 Å². The molecule has 1 aromatic heterocycles. The lowest BCUT2D eigenvalue weighted by Gasteiger charge is -2.37. The van der Waals surface area contributed by atoms with E-state index < -0.39 is 0 Å². The van der Waals surface area contributed by atoms with Crippen molar-refractivity contribution in [3.05, 3.63) is 87.6 Å². The maximum absolute atomic E-state index is 13.6. The van der Waals surface area contributed by atoms with Crippen molar-refractivity contribution in [3.8, 4) is 5.75 Å². The van der Waals surface area contributed by atoms with E-state index in [1.165, 1.54) is 10.4 Å².